The van der Waals surface area contributed by atoms with E-state index >= 15 is 0 Å². The van der Waals surface area contributed by atoms with E-state index in [4.69, 9.17) is 5.73 Å². The minimum Gasteiger partial charge on any atom is -0.508 e. The minimum absolute atomic E-state index is 0.0370. The van der Waals surface area contributed by atoms with Crippen molar-refractivity contribution in [3.63, 3.8) is 0 Å². The first kappa shape index (κ1) is 15.5. The summed E-state index contributed by atoms with van der Waals surface area (Å²) in [5.74, 6) is 0.666. The predicted octanol–water partition coefficient (Wildman–Crippen LogP) is 1.67. The average molecular weight is 264 g/mol. The summed E-state index contributed by atoms with van der Waals surface area (Å²) in [5, 5.41) is 12.1. The maximum atomic E-state index is 11.9. The van der Waals surface area contributed by atoms with Gasteiger partial charge in [-0.3, -0.25) is 4.79 Å². The molecule has 19 heavy (non-hydrogen) atoms. The number of amides is 1. The van der Waals surface area contributed by atoms with Gasteiger partial charge in [0.15, 0.2) is 0 Å². The third-order valence-electron chi connectivity index (χ3n) is 3.06. The summed E-state index contributed by atoms with van der Waals surface area (Å²) in [6.45, 7) is 5.17. The Morgan fingerprint density at radius 1 is 1.32 bits per heavy atom. The summed E-state index contributed by atoms with van der Waals surface area (Å²) >= 11 is 0. The van der Waals surface area contributed by atoms with E-state index in [1.54, 1.807) is 12.1 Å². The van der Waals surface area contributed by atoms with Gasteiger partial charge in [0.2, 0.25) is 5.91 Å². The van der Waals surface area contributed by atoms with Gasteiger partial charge in [0.05, 0.1) is 5.92 Å². The topological polar surface area (TPSA) is 75.4 Å². The zero-order chi connectivity index (χ0) is 14.3. The van der Waals surface area contributed by atoms with Crippen LogP contribution in [0.5, 0.6) is 5.75 Å². The normalized spacial score (nSPS) is 12.4. The molecule has 4 heteroatoms. The second-order valence-electron chi connectivity index (χ2n) is 5.27. The second-order valence-corrected chi connectivity index (χ2v) is 5.27. The Hall–Kier alpha value is -1.55. The standard InChI is InChI=1S/C15H24N2O2/c1-11(2)9-13(10-16)15(19)17-8-7-12-3-5-14(18)6-4-12/h3-6,11,13,18H,7-10,16H2,1-2H3,(H,17,19). The quantitative estimate of drug-likeness (QED) is 0.701. The highest BCUT2D eigenvalue weighted by molar-refractivity contribution is 5.78. The van der Waals surface area contributed by atoms with E-state index in [1.165, 1.54) is 0 Å². The number of nitrogens with two attached hydrogens (primary N) is 1. The molecule has 106 valence electrons. The third-order valence-corrected chi connectivity index (χ3v) is 3.06. The zero-order valence-electron chi connectivity index (χ0n) is 11.7. The molecular formula is C15H24N2O2. The van der Waals surface area contributed by atoms with Gasteiger partial charge in [-0.25, -0.2) is 0 Å². The Labute approximate surface area is 115 Å². The first-order valence-corrected chi connectivity index (χ1v) is 6.78. The lowest BCUT2D eigenvalue weighted by atomic mass is 9.96. The Kier molecular flexibility index (Phi) is 6.36. The lowest BCUT2D eigenvalue weighted by Crippen LogP contribution is -2.36. The zero-order valence-corrected chi connectivity index (χ0v) is 11.7. The second kappa shape index (κ2) is 7.79. The molecule has 0 saturated carbocycles. The summed E-state index contributed by atoms with van der Waals surface area (Å²) in [6.07, 6.45) is 1.58. The van der Waals surface area contributed by atoms with E-state index < -0.39 is 0 Å². The molecule has 4 N–H and O–H groups in total. The van der Waals surface area contributed by atoms with Gasteiger partial charge in [-0.05, 0) is 36.5 Å². The van der Waals surface area contributed by atoms with E-state index in [0.29, 0.717) is 19.0 Å². The monoisotopic (exact) mass is 264 g/mol. The van der Waals surface area contributed by atoms with Crippen LogP contribution in [-0.2, 0) is 11.2 Å². The van der Waals surface area contributed by atoms with Gasteiger partial charge in [-0.2, -0.15) is 0 Å². The number of phenols is 1. The van der Waals surface area contributed by atoms with Gasteiger partial charge in [-0.1, -0.05) is 26.0 Å². The fourth-order valence-corrected chi connectivity index (χ4v) is 2.02. The van der Waals surface area contributed by atoms with Crippen molar-refractivity contribution >= 4 is 5.91 Å². The van der Waals surface area contributed by atoms with Gasteiger partial charge in [0, 0.05) is 13.1 Å². The molecule has 0 aliphatic carbocycles. The molecule has 1 atom stereocenters. The number of carbonyl (C=O) groups excluding carboxylic acids is 1. The summed E-state index contributed by atoms with van der Waals surface area (Å²) in [6, 6.07) is 7.02. The van der Waals surface area contributed by atoms with Crippen LogP contribution in [0.2, 0.25) is 0 Å². The largest absolute Gasteiger partial charge is 0.508 e. The van der Waals surface area contributed by atoms with Crippen molar-refractivity contribution in [3.8, 4) is 5.75 Å². The highest BCUT2D eigenvalue weighted by Gasteiger charge is 2.17. The summed E-state index contributed by atoms with van der Waals surface area (Å²) < 4.78 is 0. The van der Waals surface area contributed by atoms with Crippen LogP contribution in [0.3, 0.4) is 0 Å². The van der Waals surface area contributed by atoms with Crippen LogP contribution in [0.15, 0.2) is 24.3 Å². The molecule has 1 aromatic carbocycles. The lowest BCUT2D eigenvalue weighted by molar-refractivity contribution is -0.125. The summed E-state index contributed by atoms with van der Waals surface area (Å²) in [5.41, 5.74) is 6.72. The summed E-state index contributed by atoms with van der Waals surface area (Å²) in [4.78, 5) is 11.9. The van der Waals surface area contributed by atoms with Crippen LogP contribution in [0.25, 0.3) is 0 Å². The predicted molar refractivity (Wildman–Crippen MR) is 76.8 cm³/mol. The Morgan fingerprint density at radius 3 is 2.47 bits per heavy atom. The lowest BCUT2D eigenvalue weighted by Gasteiger charge is -2.16. The van der Waals surface area contributed by atoms with E-state index in [0.717, 1.165) is 18.4 Å². The maximum absolute atomic E-state index is 11.9. The van der Waals surface area contributed by atoms with E-state index in [1.807, 2.05) is 12.1 Å². The van der Waals surface area contributed by atoms with Crippen molar-refractivity contribution in [3.05, 3.63) is 29.8 Å². The van der Waals surface area contributed by atoms with Crippen LogP contribution in [0.4, 0.5) is 0 Å². The van der Waals surface area contributed by atoms with Crippen LogP contribution in [0.1, 0.15) is 25.8 Å². The summed E-state index contributed by atoms with van der Waals surface area (Å²) in [7, 11) is 0. The molecule has 0 heterocycles. The van der Waals surface area contributed by atoms with Gasteiger partial charge in [-0.15, -0.1) is 0 Å². The molecular weight excluding hydrogens is 240 g/mol. The molecule has 0 aromatic heterocycles. The number of carbonyl (C=O) groups is 1. The highest BCUT2D eigenvalue weighted by Crippen LogP contribution is 2.11. The number of benzene rings is 1. The highest BCUT2D eigenvalue weighted by atomic mass is 16.3. The van der Waals surface area contributed by atoms with E-state index in [2.05, 4.69) is 19.2 Å². The fraction of sp³-hybridized carbons (Fsp3) is 0.533. The number of hydrogen-bond donors (Lipinski definition) is 3. The molecule has 0 fully saturated rings. The number of phenolic OH excluding ortho intramolecular Hbond substituents is 1. The van der Waals surface area contributed by atoms with Crippen molar-refractivity contribution in [1.29, 1.82) is 0 Å². The van der Waals surface area contributed by atoms with Gasteiger partial charge in [0.1, 0.15) is 5.75 Å². The van der Waals surface area contributed by atoms with E-state index in [9.17, 15) is 9.90 Å². The molecule has 0 spiro atoms. The van der Waals surface area contributed by atoms with Crippen molar-refractivity contribution < 1.29 is 9.90 Å². The van der Waals surface area contributed by atoms with Crippen molar-refractivity contribution in [2.24, 2.45) is 17.6 Å². The molecule has 4 nitrogen and oxygen atoms in total. The van der Waals surface area contributed by atoms with Crippen LogP contribution >= 0.6 is 0 Å². The molecule has 1 unspecified atom stereocenters. The molecule has 0 radical (unpaired) electrons. The van der Waals surface area contributed by atoms with Gasteiger partial charge >= 0.3 is 0 Å². The van der Waals surface area contributed by atoms with Crippen molar-refractivity contribution in [2.45, 2.75) is 26.7 Å². The first-order valence-electron chi connectivity index (χ1n) is 6.78. The van der Waals surface area contributed by atoms with E-state index in [-0.39, 0.29) is 17.6 Å². The Morgan fingerprint density at radius 2 is 1.95 bits per heavy atom. The Bertz CT molecular complexity index is 388. The van der Waals surface area contributed by atoms with Crippen LogP contribution < -0.4 is 11.1 Å². The van der Waals surface area contributed by atoms with Gasteiger partial charge in [0.25, 0.3) is 0 Å². The average Bonchev–Trinajstić information content (AvgIpc) is 2.38. The molecule has 0 bridgehead atoms. The van der Waals surface area contributed by atoms with Crippen LogP contribution in [0, 0.1) is 11.8 Å². The first-order chi connectivity index (χ1) is 9.02. The molecule has 1 aromatic rings. The molecule has 1 rings (SSSR count). The van der Waals surface area contributed by atoms with Crippen molar-refractivity contribution in [2.75, 3.05) is 13.1 Å². The molecule has 0 saturated heterocycles. The SMILES string of the molecule is CC(C)CC(CN)C(=O)NCCc1ccc(O)cc1. The molecule has 0 aliphatic rings. The number of nitrogens with one attached hydrogen (secondary N) is 1. The van der Waals surface area contributed by atoms with Crippen molar-refractivity contribution in [1.82, 2.24) is 5.32 Å². The fourth-order valence-electron chi connectivity index (χ4n) is 2.02. The smallest absolute Gasteiger partial charge is 0.224 e. The minimum atomic E-state index is -0.0974. The molecule has 1 amide bonds. The van der Waals surface area contributed by atoms with Crippen LogP contribution in [-0.4, -0.2) is 24.1 Å². The number of rotatable bonds is 7. The number of aromatic hydroxyl groups is 1. The third kappa shape index (κ3) is 5.75. The maximum Gasteiger partial charge on any atom is 0.224 e. The molecule has 0 aliphatic heterocycles. The Balaban J connectivity index is 2.35. The van der Waals surface area contributed by atoms with Gasteiger partial charge < -0.3 is 16.2 Å². The number of hydrogen-bond acceptors (Lipinski definition) is 3.